The predicted molar refractivity (Wildman–Crippen MR) is 145 cm³/mol. The van der Waals surface area contributed by atoms with E-state index >= 15 is 0 Å². The van der Waals surface area contributed by atoms with E-state index in [1.165, 1.54) is 11.1 Å². The molecule has 5 rings (SSSR count). The summed E-state index contributed by atoms with van der Waals surface area (Å²) in [7, 11) is 1.78. The maximum atomic E-state index is 13.3. The van der Waals surface area contributed by atoms with E-state index in [1.807, 2.05) is 31.2 Å². The number of aliphatic hydroxyl groups excluding tert-OH is 1. The second kappa shape index (κ2) is 10.8. The molecule has 200 valence electrons. The first-order valence-electron chi connectivity index (χ1n) is 12.3. The average molecular weight is 547 g/mol. The van der Waals surface area contributed by atoms with Gasteiger partial charge in [-0.2, -0.15) is 5.10 Å². The van der Waals surface area contributed by atoms with E-state index in [9.17, 15) is 14.7 Å². The molecule has 39 heavy (non-hydrogen) atoms. The molecular formula is C27H27ClN8O3. The predicted octanol–water partition coefficient (Wildman–Crippen LogP) is 3.17. The summed E-state index contributed by atoms with van der Waals surface area (Å²) in [5.74, 6) is 0.241. The molecule has 11 nitrogen and oxygen atoms in total. The van der Waals surface area contributed by atoms with E-state index in [-0.39, 0.29) is 35.7 Å². The quantitative estimate of drug-likeness (QED) is 0.306. The Hall–Kier alpha value is -4.35. The third-order valence-electron chi connectivity index (χ3n) is 6.62. The summed E-state index contributed by atoms with van der Waals surface area (Å²) in [5.41, 5.74) is 3.50. The fourth-order valence-electron chi connectivity index (χ4n) is 4.41. The Balaban J connectivity index is 1.34. The zero-order chi connectivity index (χ0) is 27.7. The first-order valence-corrected chi connectivity index (χ1v) is 12.7. The van der Waals surface area contributed by atoms with E-state index in [4.69, 9.17) is 11.6 Å². The largest absolute Gasteiger partial charge is 0.394 e. The van der Waals surface area contributed by atoms with Gasteiger partial charge in [-0.05, 0) is 25.5 Å². The summed E-state index contributed by atoms with van der Waals surface area (Å²) < 4.78 is 1.64. The van der Waals surface area contributed by atoms with Crippen LogP contribution in [-0.4, -0.2) is 59.2 Å². The van der Waals surface area contributed by atoms with Crippen LogP contribution >= 0.6 is 11.6 Å². The van der Waals surface area contributed by atoms with Crippen molar-refractivity contribution in [3.8, 4) is 11.4 Å². The minimum atomic E-state index is -0.786. The fraction of sp³-hybridized carbons (Fsp3) is 0.259. The Morgan fingerprint density at radius 3 is 2.72 bits per heavy atom. The number of benzene rings is 1. The second-order valence-corrected chi connectivity index (χ2v) is 9.73. The van der Waals surface area contributed by atoms with Gasteiger partial charge in [0.2, 0.25) is 11.9 Å². The van der Waals surface area contributed by atoms with Crippen LogP contribution in [0.3, 0.4) is 0 Å². The number of pyridine rings is 1. The van der Waals surface area contributed by atoms with Gasteiger partial charge >= 0.3 is 0 Å². The summed E-state index contributed by atoms with van der Waals surface area (Å²) in [4.78, 5) is 41.2. The number of hydrogen-bond donors (Lipinski definition) is 3. The van der Waals surface area contributed by atoms with Gasteiger partial charge in [0.25, 0.3) is 5.91 Å². The molecule has 3 N–H and O–H groups in total. The van der Waals surface area contributed by atoms with Crippen LogP contribution in [-0.2, 0) is 18.4 Å². The van der Waals surface area contributed by atoms with Crippen molar-refractivity contribution >= 4 is 35.2 Å². The van der Waals surface area contributed by atoms with Crippen molar-refractivity contribution in [3.63, 3.8) is 0 Å². The lowest BCUT2D eigenvalue weighted by atomic mass is 10.0. The Kier molecular flexibility index (Phi) is 7.27. The molecule has 2 atom stereocenters. The summed E-state index contributed by atoms with van der Waals surface area (Å²) in [5, 5.41) is 20.2. The van der Waals surface area contributed by atoms with Gasteiger partial charge in [-0.3, -0.25) is 14.3 Å². The number of anilines is 2. The van der Waals surface area contributed by atoms with Crippen molar-refractivity contribution in [2.75, 3.05) is 11.9 Å². The number of nitrogens with zero attached hydrogens (tertiary/aromatic N) is 6. The maximum Gasteiger partial charge on any atom is 0.273 e. The number of hydrogen-bond acceptors (Lipinski definition) is 8. The number of carbonyl (C=O) groups is 2. The minimum absolute atomic E-state index is 0.231. The molecule has 1 aliphatic heterocycles. The number of rotatable bonds is 8. The number of halogens is 1. The lowest BCUT2D eigenvalue weighted by Crippen LogP contribution is -2.46. The van der Waals surface area contributed by atoms with Crippen LogP contribution in [0.1, 0.15) is 40.1 Å². The smallest absolute Gasteiger partial charge is 0.273 e. The van der Waals surface area contributed by atoms with Gasteiger partial charge in [-0.15, -0.1) is 0 Å². The van der Waals surface area contributed by atoms with Gasteiger partial charge in [0.15, 0.2) is 0 Å². The highest BCUT2D eigenvalue weighted by molar-refractivity contribution is 6.32. The second-order valence-electron chi connectivity index (χ2n) is 9.33. The molecule has 0 saturated heterocycles. The highest BCUT2D eigenvalue weighted by Gasteiger charge is 2.36. The van der Waals surface area contributed by atoms with Crippen LogP contribution in [0, 0.1) is 6.92 Å². The van der Waals surface area contributed by atoms with Gasteiger partial charge in [-0.25, -0.2) is 15.0 Å². The monoisotopic (exact) mass is 546 g/mol. The lowest BCUT2D eigenvalue weighted by Gasteiger charge is -2.26. The first kappa shape index (κ1) is 26.3. The van der Waals surface area contributed by atoms with Crippen molar-refractivity contribution in [1.82, 2.24) is 34.9 Å². The molecule has 0 fully saturated rings. The summed E-state index contributed by atoms with van der Waals surface area (Å²) in [6.07, 6.45) is 3.11. The Labute approximate surface area is 229 Å². The molecule has 0 radical (unpaired) electrons. The number of nitrogens with one attached hydrogen (secondary N) is 2. The van der Waals surface area contributed by atoms with Crippen molar-refractivity contribution < 1.29 is 14.7 Å². The Morgan fingerprint density at radius 1 is 1.18 bits per heavy atom. The molecule has 12 heteroatoms. The van der Waals surface area contributed by atoms with Crippen molar-refractivity contribution in [1.29, 1.82) is 0 Å². The van der Waals surface area contributed by atoms with Crippen molar-refractivity contribution in [2.45, 2.75) is 32.5 Å². The third kappa shape index (κ3) is 5.31. The van der Waals surface area contributed by atoms with Crippen LogP contribution in [0.5, 0.6) is 0 Å². The van der Waals surface area contributed by atoms with Gasteiger partial charge < -0.3 is 20.6 Å². The Morgan fingerprint density at radius 2 is 2.00 bits per heavy atom. The molecule has 1 aromatic carbocycles. The molecule has 2 amide bonds. The van der Waals surface area contributed by atoms with Gasteiger partial charge in [0, 0.05) is 25.2 Å². The molecule has 0 bridgehead atoms. The SMILES string of the molecule is Cc1cccc([C@@H](CO)NC(=O)[C@@H](C)N2Cc3ccc(-c4nc(Nc5ccnn5C)ncc4Cl)nc3C2=O)c1. The highest BCUT2D eigenvalue weighted by Crippen LogP contribution is 2.30. The molecule has 1 aliphatic rings. The van der Waals surface area contributed by atoms with Crippen molar-refractivity contribution in [3.05, 3.63) is 82.3 Å². The molecule has 3 aromatic heterocycles. The van der Waals surface area contributed by atoms with Gasteiger partial charge in [-0.1, -0.05) is 47.5 Å². The molecular weight excluding hydrogens is 520 g/mol. The molecule has 4 aromatic rings. The van der Waals surface area contributed by atoms with Crippen LogP contribution in [0.4, 0.5) is 11.8 Å². The van der Waals surface area contributed by atoms with E-state index in [0.29, 0.717) is 28.7 Å². The normalized spacial score (nSPS) is 14.2. The van der Waals surface area contributed by atoms with Gasteiger partial charge in [0.05, 0.1) is 35.8 Å². The van der Waals surface area contributed by atoms with Crippen LogP contribution in [0.25, 0.3) is 11.4 Å². The van der Waals surface area contributed by atoms with Crippen LogP contribution in [0.15, 0.2) is 54.9 Å². The topological polar surface area (TPSA) is 138 Å². The number of fused-ring (bicyclic) bond motifs is 1. The van der Waals surface area contributed by atoms with Crippen molar-refractivity contribution in [2.24, 2.45) is 7.05 Å². The number of carbonyl (C=O) groups excluding carboxylic acids is 2. The number of aliphatic hydroxyl groups is 1. The van der Waals surface area contributed by atoms with E-state index in [2.05, 4.69) is 30.7 Å². The first-order chi connectivity index (χ1) is 18.7. The van der Waals surface area contributed by atoms with E-state index in [1.54, 1.807) is 43.0 Å². The van der Waals surface area contributed by atoms with E-state index < -0.39 is 12.1 Å². The van der Waals surface area contributed by atoms with Crippen LogP contribution in [0.2, 0.25) is 5.02 Å². The molecule has 0 aliphatic carbocycles. The zero-order valence-electron chi connectivity index (χ0n) is 21.6. The molecule has 0 saturated carbocycles. The average Bonchev–Trinajstić information content (AvgIpc) is 3.49. The summed E-state index contributed by atoms with van der Waals surface area (Å²) >= 11 is 6.40. The fourth-order valence-corrected chi connectivity index (χ4v) is 4.60. The van der Waals surface area contributed by atoms with Gasteiger partial charge in [0.1, 0.15) is 23.2 Å². The number of amides is 2. The maximum absolute atomic E-state index is 13.3. The van der Waals surface area contributed by atoms with E-state index in [0.717, 1.165) is 11.1 Å². The number of aromatic nitrogens is 5. The summed E-state index contributed by atoms with van der Waals surface area (Å²) in [6.45, 7) is 3.56. The van der Waals surface area contributed by atoms with Crippen LogP contribution < -0.4 is 10.6 Å². The highest BCUT2D eigenvalue weighted by atomic mass is 35.5. The Bertz CT molecular complexity index is 1560. The standard InChI is InChI=1S/C27H27ClN8O3/c1-15-5-4-6-17(11-15)21(14-37)32-25(38)16(2)36-13-18-7-8-20(31-23(18)26(36)39)24-19(28)12-29-27(34-24)33-22-9-10-30-35(22)3/h4-12,16,21,37H,13-14H2,1-3H3,(H,32,38)(H,29,33,34)/t16-,21-/m1/s1. The zero-order valence-corrected chi connectivity index (χ0v) is 22.3. The summed E-state index contributed by atoms with van der Waals surface area (Å²) in [6, 6.07) is 11.5. The molecule has 0 unspecified atom stereocenters. The lowest BCUT2D eigenvalue weighted by molar-refractivity contribution is -0.126. The minimum Gasteiger partial charge on any atom is -0.394 e. The molecule has 4 heterocycles. The number of aryl methyl sites for hydroxylation is 2. The third-order valence-corrected chi connectivity index (χ3v) is 6.90. The molecule has 0 spiro atoms.